The van der Waals surface area contributed by atoms with Crippen molar-refractivity contribution in [3.8, 4) is 0 Å². The molecule has 1 saturated heterocycles. The molecular weight excluding hydrogens is 177 g/mol. The largest absolute Gasteiger partial charge is 0.307 e. The minimum Gasteiger partial charge on any atom is -0.307 e. The molecular formula is C12H16FN. The van der Waals surface area contributed by atoms with Gasteiger partial charge in [-0.3, -0.25) is 0 Å². The molecule has 1 nitrogen and oxygen atoms in total. The molecule has 0 saturated carbocycles. The van der Waals surface area contributed by atoms with Crippen molar-refractivity contribution in [2.75, 3.05) is 6.54 Å². The van der Waals surface area contributed by atoms with E-state index < -0.39 is 6.17 Å². The monoisotopic (exact) mass is 193 g/mol. The Bertz CT molecular complexity index is 335. The van der Waals surface area contributed by atoms with Crippen molar-refractivity contribution in [1.29, 1.82) is 0 Å². The molecule has 1 aliphatic rings. The van der Waals surface area contributed by atoms with Gasteiger partial charge in [0.05, 0.1) is 0 Å². The van der Waals surface area contributed by atoms with E-state index in [2.05, 4.69) is 37.4 Å². The van der Waals surface area contributed by atoms with E-state index in [9.17, 15) is 4.39 Å². The third-order valence-corrected chi connectivity index (χ3v) is 3.01. The van der Waals surface area contributed by atoms with Crippen molar-refractivity contribution >= 4 is 0 Å². The van der Waals surface area contributed by atoms with Crippen LogP contribution in [-0.2, 0) is 0 Å². The Morgan fingerprint density at radius 2 is 2.07 bits per heavy atom. The fourth-order valence-electron chi connectivity index (χ4n) is 1.93. The van der Waals surface area contributed by atoms with Crippen LogP contribution in [0.3, 0.4) is 0 Å². The molecule has 1 N–H and O–H groups in total. The molecule has 1 heterocycles. The third-order valence-electron chi connectivity index (χ3n) is 3.01. The number of rotatable bonds is 1. The lowest BCUT2D eigenvalue weighted by molar-refractivity contribution is 0.356. The second-order valence-corrected chi connectivity index (χ2v) is 4.14. The predicted molar refractivity (Wildman–Crippen MR) is 56.2 cm³/mol. The lowest BCUT2D eigenvalue weighted by Crippen LogP contribution is -2.13. The van der Waals surface area contributed by atoms with Crippen LogP contribution in [0.2, 0.25) is 0 Å². The van der Waals surface area contributed by atoms with Gasteiger partial charge in [0.1, 0.15) is 6.17 Å². The summed E-state index contributed by atoms with van der Waals surface area (Å²) in [7, 11) is 0. The van der Waals surface area contributed by atoms with E-state index >= 15 is 0 Å². The quantitative estimate of drug-likeness (QED) is 0.723. The zero-order chi connectivity index (χ0) is 10.1. The van der Waals surface area contributed by atoms with Gasteiger partial charge in [0.25, 0.3) is 0 Å². The molecule has 1 aromatic rings. The van der Waals surface area contributed by atoms with E-state index in [1.807, 2.05) is 0 Å². The first kappa shape index (κ1) is 9.66. The van der Waals surface area contributed by atoms with Gasteiger partial charge in [-0.15, -0.1) is 0 Å². The van der Waals surface area contributed by atoms with Crippen LogP contribution in [0.5, 0.6) is 0 Å². The highest BCUT2D eigenvalue weighted by Crippen LogP contribution is 2.26. The third kappa shape index (κ3) is 1.80. The molecule has 14 heavy (non-hydrogen) atoms. The zero-order valence-corrected chi connectivity index (χ0v) is 8.68. The first-order valence-corrected chi connectivity index (χ1v) is 5.11. The van der Waals surface area contributed by atoms with Crippen LogP contribution in [0.15, 0.2) is 18.2 Å². The van der Waals surface area contributed by atoms with Gasteiger partial charge in [-0.1, -0.05) is 18.2 Å². The molecule has 1 fully saturated rings. The van der Waals surface area contributed by atoms with Gasteiger partial charge < -0.3 is 5.32 Å². The fourth-order valence-corrected chi connectivity index (χ4v) is 1.93. The van der Waals surface area contributed by atoms with Crippen molar-refractivity contribution in [2.24, 2.45) is 0 Å². The summed E-state index contributed by atoms with van der Waals surface area (Å²) in [6, 6.07) is 6.57. The minimum atomic E-state index is -0.679. The lowest BCUT2D eigenvalue weighted by atomic mass is 10.00. The van der Waals surface area contributed by atoms with E-state index in [1.54, 1.807) is 0 Å². The average Bonchev–Trinajstić information content (AvgIpc) is 2.57. The molecule has 0 aromatic heterocycles. The predicted octanol–water partition coefficient (Wildman–Crippen LogP) is 2.68. The zero-order valence-electron chi connectivity index (χ0n) is 8.68. The number of nitrogens with one attached hydrogen (secondary N) is 1. The SMILES string of the molecule is Cc1ccc(C2CC(F)CN2)cc1C. The molecule has 0 aliphatic carbocycles. The van der Waals surface area contributed by atoms with Crippen LogP contribution in [0.4, 0.5) is 4.39 Å². The molecule has 2 atom stereocenters. The number of hydrogen-bond donors (Lipinski definition) is 1. The Labute approximate surface area is 84.3 Å². The topological polar surface area (TPSA) is 12.0 Å². The lowest BCUT2D eigenvalue weighted by Gasteiger charge is -2.12. The van der Waals surface area contributed by atoms with Gasteiger partial charge in [-0.05, 0) is 37.0 Å². The number of halogens is 1. The van der Waals surface area contributed by atoms with E-state index in [1.165, 1.54) is 16.7 Å². The Balaban J connectivity index is 2.20. The van der Waals surface area contributed by atoms with Crippen LogP contribution in [-0.4, -0.2) is 12.7 Å². The molecule has 0 amide bonds. The van der Waals surface area contributed by atoms with E-state index in [0.717, 1.165) is 0 Å². The van der Waals surface area contributed by atoms with Crippen molar-refractivity contribution in [1.82, 2.24) is 5.32 Å². The molecule has 2 heteroatoms. The van der Waals surface area contributed by atoms with Crippen LogP contribution < -0.4 is 5.32 Å². The smallest absolute Gasteiger partial charge is 0.114 e. The van der Waals surface area contributed by atoms with Gasteiger partial charge in [-0.25, -0.2) is 4.39 Å². The molecule has 0 radical (unpaired) electrons. The number of benzene rings is 1. The second kappa shape index (κ2) is 3.70. The first-order valence-electron chi connectivity index (χ1n) is 5.11. The van der Waals surface area contributed by atoms with Gasteiger partial charge in [0, 0.05) is 12.6 Å². The molecule has 1 aliphatic heterocycles. The first-order chi connectivity index (χ1) is 6.66. The Morgan fingerprint density at radius 3 is 2.64 bits per heavy atom. The van der Waals surface area contributed by atoms with E-state index in [4.69, 9.17) is 0 Å². The Morgan fingerprint density at radius 1 is 1.29 bits per heavy atom. The molecule has 1 aromatic carbocycles. The molecule has 2 unspecified atom stereocenters. The highest BCUT2D eigenvalue weighted by atomic mass is 19.1. The fraction of sp³-hybridized carbons (Fsp3) is 0.500. The summed E-state index contributed by atoms with van der Waals surface area (Å²) in [6.07, 6.45) is -0.0655. The maximum absolute atomic E-state index is 13.0. The average molecular weight is 193 g/mol. The summed E-state index contributed by atoms with van der Waals surface area (Å²) in [5.41, 5.74) is 3.79. The van der Waals surface area contributed by atoms with Gasteiger partial charge in [0.2, 0.25) is 0 Å². The summed E-state index contributed by atoms with van der Waals surface area (Å²) >= 11 is 0. The van der Waals surface area contributed by atoms with Crippen LogP contribution in [0, 0.1) is 13.8 Å². The maximum Gasteiger partial charge on any atom is 0.114 e. The maximum atomic E-state index is 13.0. The molecule has 76 valence electrons. The van der Waals surface area contributed by atoms with Crippen molar-refractivity contribution in [3.05, 3.63) is 34.9 Å². The number of aryl methyl sites for hydroxylation is 2. The molecule has 0 bridgehead atoms. The van der Waals surface area contributed by atoms with Crippen LogP contribution >= 0.6 is 0 Å². The molecule has 2 rings (SSSR count). The standard InChI is InChI=1S/C12H16FN/c1-8-3-4-10(5-9(8)2)12-6-11(13)7-14-12/h3-5,11-12,14H,6-7H2,1-2H3. The molecule has 0 spiro atoms. The highest BCUT2D eigenvalue weighted by molar-refractivity contribution is 5.32. The van der Waals surface area contributed by atoms with Crippen LogP contribution in [0.1, 0.15) is 29.2 Å². The normalized spacial score (nSPS) is 26.8. The van der Waals surface area contributed by atoms with E-state index in [0.29, 0.717) is 13.0 Å². The highest BCUT2D eigenvalue weighted by Gasteiger charge is 2.24. The van der Waals surface area contributed by atoms with Crippen molar-refractivity contribution < 1.29 is 4.39 Å². The van der Waals surface area contributed by atoms with Gasteiger partial charge >= 0.3 is 0 Å². The Hall–Kier alpha value is -0.890. The van der Waals surface area contributed by atoms with Crippen LogP contribution in [0.25, 0.3) is 0 Å². The van der Waals surface area contributed by atoms with Crippen molar-refractivity contribution in [3.63, 3.8) is 0 Å². The summed E-state index contributed by atoms with van der Waals surface area (Å²) < 4.78 is 13.0. The Kier molecular flexibility index (Phi) is 2.55. The second-order valence-electron chi connectivity index (χ2n) is 4.14. The van der Waals surface area contributed by atoms with Crippen molar-refractivity contribution in [2.45, 2.75) is 32.5 Å². The summed E-state index contributed by atoms with van der Waals surface area (Å²) in [6.45, 7) is 4.69. The van der Waals surface area contributed by atoms with Gasteiger partial charge in [0.15, 0.2) is 0 Å². The van der Waals surface area contributed by atoms with Gasteiger partial charge in [-0.2, -0.15) is 0 Å². The summed E-state index contributed by atoms with van der Waals surface area (Å²) in [5, 5.41) is 3.19. The minimum absolute atomic E-state index is 0.212. The van der Waals surface area contributed by atoms with E-state index in [-0.39, 0.29) is 6.04 Å². The summed E-state index contributed by atoms with van der Waals surface area (Å²) in [4.78, 5) is 0. The number of hydrogen-bond acceptors (Lipinski definition) is 1. The number of alkyl halides is 1. The summed E-state index contributed by atoms with van der Waals surface area (Å²) in [5.74, 6) is 0.